The van der Waals surface area contributed by atoms with Gasteiger partial charge in [-0.15, -0.1) is 11.3 Å². The molecule has 2 aromatic heterocycles. The van der Waals surface area contributed by atoms with Crippen LogP contribution < -0.4 is 5.32 Å². The Morgan fingerprint density at radius 1 is 1.12 bits per heavy atom. The van der Waals surface area contributed by atoms with E-state index in [9.17, 15) is 9.59 Å². The molecule has 0 bridgehead atoms. The van der Waals surface area contributed by atoms with Crippen LogP contribution in [-0.2, 0) is 4.79 Å². The van der Waals surface area contributed by atoms with E-state index in [4.69, 9.17) is 11.6 Å². The molecule has 0 saturated carbocycles. The highest BCUT2D eigenvalue weighted by atomic mass is 35.5. The van der Waals surface area contributed by atoms with Crippen LogP contribution in [0.5, 0.6) is 0 Å². The molecular formula is C25H25ClN4O2S. The van der Waals surface area contributed by atoms with E-state index in [0.29, 0.717) is 22.1 Å². The first-order valence-corrected chi connectivity index (χ1v) is 11.9. The third-order valence-corrected chi connectivity index (χ3v) is 6.94. The number of nitrogens with zero attached hydrogens (tertiary/aromatic N) is 3. The molecule has 0 aliphatic heterocycles. The SMILES string of the molecule is CCN(C(=O)c1cc2c(C)nn(-c3ccc(Cl)cc3)c2s1)C(C)C(=O)Nc1ccc(C)cc1. The lowest BCUT2D eigenvalue weighted by molar-refractivity contribution is -0.120. The predicted molar refractivity (Wildman–Crippen MR) is 135 cm³/mol. The van der Waals surface area contributed by atoms with Gasteiger partial charge in [0.1, 0.15) is 10.9 Å². The van der Waals surface area contributed by atoms with Crippen molar-refractivity contribution < 1.29 is 9.59 Å². The number of hydrogen-bond donors (Lipinski definition) is 1. The zero-order chi connectivity index (χ0) is 23.7. The quantitative estimate of drug-likeness (QED) is 0.376. The molecule has 0 fully saturated rings. The number of carbonyl (C=O) groups is 2. The van der Waals surface area contributed by atoms with Crippen LogP contribution in [0.2, 0.25) is 5.02 Å². The zero-order valence-electron chi connectivity index (χ0n) is 18.9. The highest BCUT2D eigenvalue weighted by Gasteiger charge is 2.28. The Kier molecular flexibility index (Phi) is 6.54. The van der Waals surface area contributed by atoms with E-state index in [2.05, 4.69) is 10.4 Å². The predicted octanol–water partition coefficient (Wildman–Crippen LogP) is 5.85. The minimum atomic E-state index is -0.622. The van der Waals surface area contributed by atoms with Crippen molar-refractivity contribution in [2.24, 2.45) is 0 Å². The third-order valence-electron chi connectivity index (χ3n) is 5.59. The van der Waals surface area contributed by atoms with E-state index in [1.165, 1.54) is 11.3 Å². The van der Waals surface area contributed by atoms with E-state index in [1.54, 1.807) is 11.8 Å². The van der Waals surface area contributed by atoms with E-state index >= 15 is 0 Å². The van der Waals surface area contributed by atoms with Crippen molar-refractivity contribution >= 4 is 50.7 Å². The molecule has 0 radical (unpaired) electrons. The van der Waals surface area contributed by atoms with E-state index in [0.717, 1.165) is 27.2 Å². The minimum absolute atomic E-state index is 0.174. The topological polar surface area (TPSA) is 67.2 Å². The number of anilines is 1. The molecule has 0 saturated heterocycles. The van der Waals surface area contributed by atoms with Crippen molar-refractivity contribution in [3.05, 3.63) is 75.8 Å². The molecule has 8 heteroatoms. The Labute approximate surface area is 201 Å². The summed E-state index contributed by atoms with van der Waals surface area (Å²) in [5.41, 5.74) is 3.53. The summed E-state index contributed by atoms with van der Waals surface area (Å²) in [7, 11) is 0. The van der Waals surface area contributed by atoms with Crippen LogP contribution in [0.3, 0.4) is 0 Å². The molecule has 0 aliphatic rings. The number of likely N-dealkylation sites (N-methyl/N-ethyl adjacent to an activating group) is 1. The number of nitrogens with one attached hydrogen (secondary N) is 1. The Balaban J connectivity index is 1.59. The molecule has 33 heavy (non-hydrogen) atoms. The van der Waals surface area contributed by atoms with Crippen LogP contribution >= 0.6 is 22.9 Å². The number of rotatable bonds is 6. The van der Waals surface area contributed by atoms with Gasteiger partial charge in [-0.05, 0) is 70.2 Å². The van der Waals surface area contributed by atoms with E-state index in [1.807, 2.05) is 80.1 Å². The second kappa shape index (κ2) is 9.37. The van der Waals surface area contributed by atoms with Gasteiger partial charge in [-0.2, -0.15) is 5.10 Å². The number of thiophene rings is 1. The minimum Gasteiger partial charge on any atom is -0.326 e. The smallest absolute Gasteiger partial charge is 0.264 e. The lowest BCUT2D eigenvalue weighted by atomic mass is 10.2. The maximum Gasteiger partial charge on any atom is 0.264 e. The number of carbonyl (C=O) groups excluding carboxylic acids is 2. The van der Waals surface area contributed by atoms with Crippen LogP contribution in [0.15, 0.2) is 54.6 Å². The summed E-state index contributed by atoms with van der Waals surface area (Å²) >= 11 is 7.40. The van der Waals surface area contributed by atoms with Gasteiger partial charge >= 0.3 is 0 Å². The molecule has 2 heterocycles. The molecule has 0 spiro atoms. The van der Waals surface area contributed by atoms with Crippen LogP contribution in [0.4, 0.5) is 5.69 Å². The third kappa shape index (κ3) is 4.65. The first-order chi connectivity index (χ1) is 15.8. The van der Waals surface area contributed by atoms with Crippen LogP contribution in [0.1, 0.15) is 34.8 Å². The molecule has 170 valence electrons. The zero-order valence-corrected chi connectivity index (χ0v) is 20.5. The highest BCUT2D eigenvalue weighted by Crippen LogP contribution is 2.31. The monoisotopic (exact) mass is 480 g/mol. The van der Waals surface area contributed by atoms with Crippen LogP contribution in [-0.4, -0.2) is 39.1 Å². The molecule has 4 rings (SSSR count). The standard InChI is InChI=1S/C25H25ClN4O2S/c1-5-29(17(4)23(31)27-19-10-6-15(2)7-11-19)24(32)22-14-21-16(3)28-30(25(21)33-22)20-12-8-18(26)9-13-20/h6-14,17H,5H2,1-4H3,(H,27,31). The molecule has 0 aliphatic carbocycles. The summed E-state index contributed by atoms with van der Waals surface area (Å²) < 4.78 is 1.83. The summed E-state index contributed by atoms with van der Waals surface area (Å²) in [6, 6.07) is 16.2. The number of aromatic nitrogens is 2. The van der Waals surface area contributed by atoms with E-state index < -0.39 is 6.04 Å². The highest BCUT2D eigenvalue weighted by molar-refractivity contribution is 7.20. The van der Waals surface area contributed by atoms with Crippen LogP contribution in [0.25, 0.3) is 15.9 Å². The van der Waals surface area contributed by atoms with Gasteiger partial charge in [0.25, 0.3) is 5.91 Å². The normalized spacial score (nSPS) is 12.0. The molecule has 2 aromatic carbocycles. The fraction of sp³-hybridized carbons (Fsp3) is 0.240. The van der Waals surface area contributed by atoms with Gasteiger partial charge in [-0.25, -0.2) is 4.68 Å². The van der Waals surface area contributed by atoms with Gasteiger partial charge in [0, 0.05) is 22.6 Å². The summed E-state index contributed by atoms with van der Waals surface area (Å²) in [5.74, 6) is -0.397. The Hall–Kier alpha value is -3.16. The number of aryl methyl sites for hydroxylation is 2. The number of benzene rings is 2. The van der Waals surface area contributed by atoms with Crippen molar-refractivity contribution in [2.45, 2.75) is 33.7 Å². The van der Waals surface area contributed by atoms with Crippen molar-refractivity contribution in [3.63, 3.8) is 0 Å². The summed E-state index contributed by atoms with van der Waals surface area (Å²) in [6.45, 7) is 7.95. The Morgan fingerprint density at radius 3 is 2.42 bits per heavy atom. The van der Waals surface area contributed by atoms with Crippen molar-refractivity contribution in [1.29, 1.82) is 0 Å². The van der Waals surface area contributed by atoms with Gasteiger partial charge in [-0.3, -0.25) is 9.59 Å². The van der Waals surface area contributed by atoms with Gasteiger partial charge in [0.15, 0.2) is 0 Å². The first kappa shape index (κ1) is 23.0. The lowest BCUT2D eigenvalue weighted by Crippen LogP contribution is -2.45. The fourth-order valence-electron chi connectivity index (χ4n) is 3.67. The van der Waals surface area contributed by atoms with Gasteiger partial charge in [0.05, 0.1) is 16.3 Å². The second-order valence-electron chi connectivity index (χ2n) is 7.93. The number of fused-ring (bicyclic) bond motifs is 1. The Bertz CT molecular complexity index is 1310. The molecule has 6 nitrogen and oxygen atoms in total. The lowest BCUT2D eigenvalue weighted by Gasteiger charge is -2.26. The number of hydrogen-bond acceptors (Lipinski definition) is 4. The molecular weight excluding hydrogens is 456 g/mol. The number of amides is 2. The van der Waals surface area contributed by atoms with Crippen LogP contribution in [0, 0.1) is 13.8 Å². The van der Waals surface area contributed by atoms with Gasteiger partial charge in [0.2, 0.25) is 5.91 Å². The second-order valence-corrected chi connectivity index (χ2v) is 9.39. The average molecular weight is 481 g/mol. The van der Waals surface area contributed by atoms with Gasteiger partial charge in [-0.1, -0.05) is 29.3 Å². The molecule has 1 atom stereocenters. The average Bonchev–Trinajstić information content (AvgIpc) is 3.37. The Morgan fingerprint density at radius 2 is 1.79 bits per heavy atom. The van der Waals surface area contributed by atoms with Crippen molar-refractivity contribution in [1.82, 2.24) is 14.7 Å². The fourth-order valence-corrected chi connectivity index (χ4v) is 4.93. The maximum atomic E-state index is 13.4. The number of halogens is 1. The summed E-state index contributed by atoms with van der Waals surface area (Å²) in [6.07, 6.45) is 0. The molecule has 1 unspecified atom stereocenters. The van der Waals surface area contributed by atoms with Crippen molar-refractivity contribution in [3.8, 4) is 5.69 Å². The maximum absolute atomic E-state index is 13.4. The molecule has 2 amide bonds. The van der Waals surface area contributed by atoms with E-state index in [-0.39, 0.29) is 11.8 Å². The summed E-state index contributed by atoms with van der Waals surface area (Å²) in [4.78, 5) is 29.3. The summed E-state index contributed by atoms with van der Waals surface area (Å²) in [5, 5.41) is 9.10. The van der Waals surface area contributed by atoms with Crippen molar-refractivity contribution in [2.75, 3.05) is 11.9 Å². The molecule has 4 aromatic rings. The first-order valence-electron chi connectivity index (χ1n) is 10.7. The molecule has 1 N–H and O–H groups in total. The largest absolute Gasteiger partial charge is 0.326 e. The van der Waals surface area contributed by atoms with Gasteiger partial charge < -0.3 is 10.2 Å².